The molecule has 1 atom stereocenters. The van der Waals surface area contributed by atoms with Crippen molar-refractivity contribution in [1.29, 1.82) is 0 Å². The van der Waals surface area contributed by atoms with Crippen molar-refractivity contribution >= 4 is 11.8 Å². The van der Waals surface area contributed by atoms with E-state index in [2.05, 4.69) is 24.3 Å². The zero-order chi connectivity index (χ0) is 22.6. The van der Waals surface area contributed by atoms with E-state index in [1.807, 2.05) is 54.6 Å². The number of amides is 2. The molecule has 5 heteroatoms. The number of methoxy groups -OCH3 is 1. The van der Waals surface area contributed by atoms with Crippen molar-refractivity contribution in [1.82, 2.24) is 4.90 Å². The predicted molar refractivity (Wildman–Crippen MR) is 125 cm³/mol. The summed E-state index contributed by atoms with van der Waals surface area (Å²) in [6, 6.07) is 25.7. The van der Waals surface area contributed by atoms with Crippen LogP contribution in [0.1, 0.15) is 17.5 Å². The van der Waals surface area contributed by atoms with Crippen LogP contribution in [0.2, 0.25) is 0 Å². The topological polar surface area (TPSA) is 72.6 Å². The molecule has 0 spiro atoms. The van der Waals surface area contributed by atoms with Crippen LogP contribution in [0.5, 0.6) is 5.75 Å². The van der Waals surface area contributed by atoms with Crippen LogP contribution in [0.4, 0.5) is 0 Å². The Balaban J connectivity index is 1.52. The molecule has 0 aromatic heterocycles. The van der Waals surface area contributed by atoms with Crippen molar-refractivity contribution < 1.29 is 14.3 Å². The molecule has 32 heavy (non-hydrogen) atoms. The molecule has 0 bridgehead atoms. The Labute approximate surface area is 188 Å². The summed E-state index contributed by atoms with van der Waals surface area (Å²) >= 11 is 0. The molecule has 1 heterocycles. The maximum atomic E-state index is 13.0. The Morgan fingerprint density at radius 2 is 1.66 bits per heavy atom. The molecule has 5 nitrogen and oxygen atoms in total. The molecule has 0 aliphatic carbocycles. The average Bonchev–Trinajstić information content (AvgIpc) is 3.26. The number of carbonyl (C=O) groups excluding carboxylic acids is 2. The standard InChI is InChI=1S/C27H28N2O3/c1-32-23-13-11-20(12-14-23)17-25(30)29-16-15-27(19-29,26(28)31)18-22-9-5-6-10-24(22)21-7-3-2-4-8-21/h2-14H,15-19H2,1H3,(H2,28,31)/t27-/m0/s1. The van der Waals surface area contributed by atoms with Gasteiger partial charge in [-0.05, 0) is 47.2 Å². The highest BCUT2D eigenvalue weighted by Gasteiger charge is 2.45. The average molecular weight is 429 g/mol. The molecule has 0 saturated carbocycles. The van der Waals surface area contributed by atoms with E-state index in [1.54, 1.807) is 12.0 Å². The highest BCUT2D eigenvalue weighted by atomic mass is 16.5. The molecule has 1 aliphatic rings. The van der Waals surface area contributed by atoms with E-state index in [1.165, 1.54) is 0 Å². The fraction of sp³-hybridized carbons (Fsp3) is 0.259. The second-order valence-corrected chi connectivity index (χ2v) is 8.43. The molecule has 1 saturated heterocycles. The molecule has 0 radical (unpaired) electrons. The van der Waals surface area contributed by atoms with E-state index in [0.717, 1.165) is 28.0 Å². The number of benzene rings is 3. The van der Waals surface area contributed by atoms with Crippen LogP contribution in [-0.2, 0) is 22.4 Å². The number of likely N-dealkylation sites (tertiary alicyclic amines) is 1. The van der Waals surface area contributed by atoms with Crippen LogP contribution < -0.4 is 10.5 Å². The molecule has 3 aromatic rings. The van der Waals surface area contributed by atoms with Gasteiger partial charge in [-0.3, -0.25) is 9.59 Å². The van der Waals surface area contributed by atoms with Gasteiger partial charge in [0.25, 0.3) is 0 Å². The van der Waals surface area contributed by atoms with Crippen LogP contribution in [0, 0.1) is 5.41 Å². The first-order valence-corrected chi connectivity index (χ1v) is 10.8. The third kappa shape index (κ3) is 4.52. The second kappa shape index (κ2) is 9.27. The Bertz CT molecular complexity index is 1100. The van der Waals surface area contributed by atoms with Gasteiger partial charge < -0.3 is 15.4 Å². The highest BCUT2D eigenvalue weighted by molar-refractivity contribution is 5.85. The lowest BCUT2D eigenvalue weighted by molar-refractivity contribution is -0.131. The normalized spacial score (nSPS) is 17.8. The van der Waals surface area contributed by atoms with E-state index in [9.17, 15) is 9.59 Å². The van der Waals surface area contributed by atoms with E-state index in [0.29, 0.717) is 32.4 Å². The largest absolute Gasteiger partial charge is 0.497 e. The molecule has 1 aliphatic heterocycles. The molecule has 3 aromatic carbocycles. The van der Waals surface area contributed by atoms with Crippen molar-refractivity contribution in [3.63, 3.8) is 0 Å². The van der Waals surface area contributed by atoms with Gasteiger partial charge in [0.1, 0.15) is 5.75 Å². The molecular formula is C27H28N2O3. The van der Waals surface area contributed by atoms with Gasteiger partial charge in [-0.15, -0.1) is 0 Å². The second-order valence-electron chi connectivity index (χ2n) is 8.43. The fourth-order valence-electron chi connectivity index (χ4n) is 4.49. The van der Waals surface area contributed by atoms with Crippen molar-refractivity contribution in [3.05, 3.63) is 90.0 Å². The minimum Gasteiger partial charge on any atom is -0.497 e. The number of primary amides is 1. The predicted octanol–water partition coefficient (Wildman–Crippen LogP) is 3.85. The molecule has 164 valence electrons. The first-order chi connectivity index (χ1) is 15.5. The van der Waals surface area contributed by atoms with Gasteiger partial charge in [0.05, 0.1) is 18.9 Å². The quantitative estimate of drug-likeness (QED) is 0.621. The third-order valence-corrected chi connectivity index (χ3v) is 6.37. The molecule has 0 unspecified atom stereocenters. The summed E-state index contributed by atoms with van der Waals surface area (Å²) in [7, 11) is 1.61. The summed E-state index contributed by atoms with van der Waals surface area (Å²) in [5.74, 6) is 0.418. The summed E-state index contributed by atoms with van der Waals surface area (Å²) in [6.45, 7) is 0.881. The van der Waals surface area contributed by atoms with Gasteiger partial charge in [-0.1, -0.05) is 66.7 Å². The Kier molecular flexibility index (Phi) is 6.26. The Hall–Kier alpha value is -3.60. The van der Waals surface area contributed by atoms with E-state index < -0.39 is 5.41 Å². The van der Waals surface area contributed by atoms with Gasteiger partial charge in [0, 0.05) is 13.1 Å². The lowest BCUT2D eigenvalue weighted by atomic mass is 9.78. The minimum atomic E-state index is -0.763. The smallest absolute Gasteiger partial charge is 0.227 e. The number of hydrogen-bond acceptors (Lipinski definition) is 3. The van der Waals surface area contributed by atoms with Gasteiger partial charge in [-0.25, -0.2) is 0 Å². The van der Waals surface area contributed by atoms with Gasteiger partial charge in [0.2, 0.25) is 11.8 Å². The maximum absolute atomic E-state index is 13.0. The number of rotatable bonds is 7. The number of ether oxygens (including phenoxy) is 1. The molecule has 4 rings (SSSR count). The van der Waals surface area contributed by atoms with Crippen LogP contribution in [-0.4, -0.2) is 36.9 Å². The summed E-state index contributed by atoms with van der Waals surface area (Å²) in [4.78, 5) is 27.4. The zero-order valence-electron chi connectivity index (χ0n) is 18.3. The monoisotopic (exact) mass is 428 g/mol. The van der Waals surface area contributed by atoms with Crippen LogP contribution >= 0.6 is 0 Å². The lowest BCUT2D eigenvalue weighted by Crippen LogP contribution is -2.42. The third-order valence-electron chi connectivity index (χ3n) is 6.37. The summed E-state index contributed by atoms with van der Waals surface area (Å²) < 4.78 is 5.18. The molecule has 2 amide bonds. The summed E-state index contributed by atoms with van der Waals surface area (Å²) in [5, 5.41) is 0. The van der Waals surface area contributed by atoms with Gasteiger partial charge in [-0.2, -0.15) is 0 Å². The summed E-state index contributed by atoms with van der Waals surface area (Å²) in [6.07, 6.45) is 1.37. The highest BCUT2D eigenvalue weighted by Crippen LogP contribution is 2.37. The fourth-order valence-corrected chi connectivity index (χ4v) is 4.49. The Morgan fingerprint density at radius 3 is 2.34 bits per heavy atom. The van der Waals surface area contributed by atoms with Crippen LogP contribution in [0.15, 0.2) is 78.9 Å². The first kappa shape index (κ1) is 21.6. The summed E-state index contributed by atoms with van der Waals surface area (Å²) in [5.41, 5.74) is 9.35. The number of hydrogen-bond donors (Lipinski definition) is 1. The number of nitrogens with two attached hydrogens (primary N) is 1. The molecular weight excluding hydrogens is 400 g/mol. The number of nitrogens with zero attached hydrogens (tertiary/aromatic N) is 1. The van der Waals surface area contributed by atoms with Crippen LogP contribution in [0.25, 0.3) is 11.1 Å². The number of carbonyl (C=O) groups is 2. The van der Waals surface area contributed by atoms with Crippen molar-refractivity contribution in [2.45, 2.75) is 19.3 Å². The lowest BCUT2D eigenvalue weighted by Gasteiger charge is -2.27. The maximum Gasteiger partial charge on any atom is 0.227 e. The minimum absolute atomic E-state index is 0.00892. The Morgan fingerprint density at radius 1 is 0.969 bits per heavy atom. The zero-order valence-corrected chi connectivity index (χ0v) is 18.3. The van der Waals surface area contributed by atoms with E-state index >= 15 is 0 Å². The van der Waals surface area contributed by atoms with Crippen LogP contribution in [0.3, 0.4) is 0 Å². The first-order valence-electron chi connectivity index (χ1n) is 10.8. The molecule has 1 fully saturated rings. The van der Waals surface area contributed by atoms with Gasteiger partial charge >= 0.3 is 0 Å². The van der Waals surface area contributed by atoms with E-state index in [4.69, 9.17) is 10.5 Å². The SMILES string of the molecule is COc1ccc(CC(=O)N2CC[C@@](Cc3ccccc3-c3ccccc3)(C(N)=O)C2)cc1. The van der Waals surface area contributed by atoms with E-state index in [-0.39, 0.29) is 11.8 Å². The van der Waals surface area contributed by atoms with Crippen molar-refractivity contribution in [2.75, 3.05) is 20.2 Å². The molecule has 2 N–H and O–H groups in total. The van der Waals surface area contributed by atoms with Crippen molar-refractivity contribution in [2.24, 2.45) is 11.1 Å². The van der Waals surface area contributed by atoms with Gasteiger partial charge in [0.15, 0.2) is 0 Å². The van der Waals surface area contributed by atoms with Crippen molar-refractivity contribution in [3.8, 4) is 16.9 Å².